The molecule has 0 radical (unpaired) electrons. The summed E-state index contributed by atoms with van der Waals surface area (Å²) >= 11 is 11.2. The first kappa shape index (κ1) is 21.2. The second-order valence-corrected chi connectivity index (χ2v) is 8.03. The number of nitrogens with zero attached hydrogens (tertiary/aromatic N) is 3. The van der Waals surface area contributed by atoms with Gasteiger partial charge in [0.1, 0.15) is 0 Å². The van der Waals surface area contributed by atoms with E-state index >= 15 is 0 Å². The third kappa shape index (κ3) is 4.93. The van der Waals surface area contributed by atoms with E-state index in [2.05, 4.69) is 4.98 Å². The van der Waals surface area contributed by atoms with E-state index in [9.17, 15) is 9.59 Å². The van der Waals surface area contributed by atoms with Gasteiger partial charge in [-0.1, -0.05) is 23.7 Å². The van der Waals surface area contributed by atoms with E-state index in [-0.39, 0.29) is 11.5 Å². The Bertz CT molecular complexity index is 1150. The van der Waals surface area contributed by atoms with Crippen LogP contribution in [0.4, 0.5) is 0 Å². The number of aromatic amines is 1. The van der Waals surface area contributed by atoms with Crippen molar-refractivity contribution in [2.45, 2.75) is 6.54 Å². The summed E-state index contributed by atoms with van der Waals surface area (Å²) in [5.41, 5.74) is 1.87. The zero-order valence-electron chi connectivity index (χ0n) is 16.6. The van der Waals surface area contributed by atoms with Crippen LogP contribution in [0.5, 0.6) is 0 Å². The lowest BCUT2D eigenvalue weighted by Crippen LogP contribution is -2.36. The van der Waals surface area contributed by atoms with Crippen molar-refractivity contribution in [1.82, 2.24) is 19.4 Å². The number of H-pyrrole nitrogens is 1. The highest BCUT2D eigenvalue weighted by molar-refractivity contribution is 7.71. The Hall–Kier alpha value is -2.48. The third-order valence-electron chi connectivity index (χ3n) is 4.74. The van der Waals surface area contributed by atoms with Crippen LogP contribution in [0.2, 0.25) is 5.02 Å². The van der Waals surface area contributed by atoms with Gasteiger partial charge in [-0.05, 0) is 62.2 Å². The van der Waals surface area contributed by atoms with Crippen LogP contribution < -0.4 is 5.56 Å². The maximum Gasteiger partial charge on any atom is 0.261 e. The Balaban J connectivity index is 1.95. The predicted octanol–water partition coefficient (Wildman–Crippen LogP) is 3.45. The van der Waals surface area contributed by atoms with Crippen LogP contribution in [0.15, 0.2) is 47.3 Å². The van der Waals surface area contributed by atoms with Gasteiger partial charge in [-0.15, -0.1) is 0 Å². The maximum atomic E-state index is 13.3. The van der Waals surface area contributed by atoms with Crippen molar-refractivity contribution in [1.29, 1.82) is 0 Å². The number of benzene rings is 2. The van der Waals surface area contributed by atoms with Crippen LogP contribution in [0.1, 0.15) is 15.9 Å². The van der Waals surface area contributed by atoms with E-state index in [4.69, 9.17) is 23.8 Å². The first-order chi connectivity index (χ1) is 13.8. The van der Waals surface area contributed by atoms with Crippen LogP contribution >= 0.6 is 23.8 Å². The van der Waals surface area contributed by atoms with Gasteiger partial charge in [0.2, 0.25) is 0 Å². The molecule has 0 aliphatic heterocycles. The molecule has 6 nitrogen and oxygen atoms in total. The van der Waals surface area contributed by atoms with Gasteiger partial charge in [0, 0.05) is 37.3 Å². The van der Waals surface area contributed by atoms with Crippen molar-refractivity contribution < 1.29 is 4.79 Å². The number of hydrogen-bond acceptors (Lipinski definition) is 4. The van der Waals surface area contributed by atoms with Gasteiger partial charge in [0.25, 0.3) is 11.5 Å². The average Bonchev–Trinajstić information content (AvgIpc) is 2.69. The van der Waals surface area contributed by atoms with Crippen LogP contribution in [-0.2, 0) is 13.6 Å². The molecule has 0 aliphatic carbocycles. The Morgan fingerprint density at radius 2 is 1.83 bits per heavy atom. The molecule has 29 heavy (non-hydrogen) atoms. The lowest BCUT2D eigenvalue weighted by molar-refractivity contribution is 0.0732. The molecule has 0 unspecified atom stereocenters. The molecule has 2 aromatic carbocycles. The van der Waals surface area contributed by atoms with Crippen LogP contribution in [0.25, 0.3) is 10.9 Å². The number of carbonyl (C=O) groups is 1. The molecule has 3 rings (SSSR count). The number of aromatic nitrogens is 2. The number of likely N-dealkylation sites (N-methyl/N-ethyl adjacent to an activating group) is 1. The standard InChI is InChI=1S/C21H23ClN4O2S/c1-24(2)10-11-26(13-14-4-7-16(22)8-5-14)19(27)15-6-9-17-18(12-15)23-21(29)25(3)20(17)28/h4-9,12H,10-11,13H2,1-3H3,(H,23,29). The minimum Gasteiger partial charge on any atom is -0.333 e. The number of carbonyl (C=O) groups excluding carboxylic acids is 1. The first-order valence-corrected chi connectivity index (χ1v) is 9.96. The normalized spacial score (nSPS) is 11.2. The lowest BCUT2D eigenvalue weighted by atomic mass is 10.1. The molecule has 1 heterocycles. The molecule has 0 fully saturated rings. The van der Waals surface area contributed by atoms with E-state index in [1.165, 1.54) is 4.57 Å². The van der Waals surface area contributed by atoms with Gasteiger partial charge < -0.3 is 14.8 Å². The fraction of sp³-hybridized carbons (Fsp3) is 0.286. The van der Waals surface area contributed by atoms with E-state index in [0.717, 1.165) is 12.1 Å². The second-order valence-electron chi connectivity index (χ2n) is 7.21. The summed E-state index contributed by atoms with van der Waals surface area (Å²) in [6.07, 6.45) is 0. The van der Waals surface area contributed by atoms with Crippen molar-refractivity contribution in [3.63, 3.8) is 0 Å². The van der Waals surface area contributed by atoms with Gasteiger partial charge in [0.15, 0.2) is 4.77 Å². The smallest absolute Gasteiger partial charge is 0.261 e. The van der Waals surface area contributed by atoms with Crippen molar-refractivity contribution >= 4 is 40.6 Å². The molecule has 0 aliphatic rings. The van der Waals surface area contributed by atoms with Crippen molar-refractivity contribution in [3.8, 4) is 0 Å². The minimum atomic E-state index is -0.187. The summed E-state index contributed by atoms with van der Waals surface area (Å²) < 4.78 is 1.70. The number of hydrogen-bond donors (Lipinski definition) is 1. The molecule has 0 saturated carbocycles. The zero-order chi connectivity index (χ0) is 21.1. The molecule has 3 aromatic rings. The van der Waals surface area contributed by atoms with Crippen LogP contribution in [0, 0.1) is 4.77 Å². The van der Waals surface area contributed by atoms with E-state index in [1.54, 1.807) is 30.1 Å². The third-order valence-corrected chi connectivity index (χ3v) is 5.37. The summed E-state index contributed by atoms with van der Waals surface area (Å²) in [6.45, 7) is 1.77. The summed E-state index contributed by atoms with van der Waals surface area (Å²) in [6, 6.07) is 12.5. The summed E-state index contributed by atoms with van der Waals surface area (Å²) in [7, 11) is 5.56. The summed E-state index contributed by atoms with van der Waals surface area (Å²) in [4.78, 5) is 32.5. The highest BCUT2D eigenvalue weighted by Crippen LogP contribution is 2.16. The van der Waals surface area contributed by atoms with E-state index in [1.807, 2.05) is 43.3 Å². The van der Waals surface area contributed by atoms with Crippen molar-refractivity contribution in [2.75, 3.05) is 27.2 Å². The highest BCUT2D eigenvalue weighted by Gasteiger charge is 2.18. The quantitative estimate of drug-likeness (QED) is 0.608. The number of amides is 1. The number of halogens is 1. The summed E-state index contributed by atoms with van der Waals surface area (Å²) in [5.74, 6) is -0.108. The Kier molecular flexibility index (Phi) is 6.52. The zero-order valence-corrected chi connectivity index (χ0v) is 18.2. The highest BCUT2D eigenvalue weighted by atomic mass is 35.5. The molecule has 152 valence electrons. The van der Waals surface area contributed by atoms with Gasteiger partial charge >= 0.3 is 0 Å². The number of nitrogens with one attached hydrogen (secondary N) is 1. The maximum absolute atomic E-state index is 13.3. The molecule has 1 amide bonds. The van der Waals surface area contributed by atoms with E-state index < -0.39 is 0 Å². The summed E-state index contributed by atoms with van der Waals surface area (Å²) in [5, 5.41) is 1.15. The molecule has 0 spiro atoms. The Labute approximate surface area is 179 Å². The Morgan fingerprint density at radius 1 is 1.14 bits per heavy atom. The van der Waals surface area contributed by atoms with Gasteiger partial charge in [0.05, 0.1) is 10.9 Å². The van der Waals surface area contributed by atoms with Gasteiger partial charge in [-0.2, -0.15) is 0 Å². The first-order valence-electron chi connectivity index (χ1n) is 9.18. The van der Waals surface area contributed by atoms with Crippen molar-refractivity contribution in [3.05, 3.63) is 73.7 Å². The van der Waals surface area contributed by atoms with E-state index in [0.29, 0.717) is 39.3 Å². The fourth-order valence-electron chi connectivity index (χ4n) is 3.01. The molecule has 8 heteroatoms. The average molecular weight is 431 g/mol. The number of rotatable bonds is 6. The van der Waals surface area contributed by atoms with Crippen LogP contribution in [-0.4, -0.2) is 52.4 Å². The lowest BCUT2D eigenvalue weighted by Gasteiger charge is -2.25. The van der Waals surface area contributed by atoms with Crippen LogP contribution in [0.3, 0.4) is 0 Å². The molecule has 1 aromatic heterocycles. The largest absolute Gasteiger partial charge is 0.333 e. The second kappa shape index (κ2) is 8.90. The molecule has 0 atom stereocenters. The minimum absolute atomic E-state index is 0.108. The molecule has 0 bridgehead atoms. The number of fused-ring (bicyclic) bond motifs is 1. The van der Waals surface area contributed by atoms with Crippen molar-refractivity contribution in [2.24, 2.45) is 7.05 Å². The topological polar surface area (TPSA) is 61.3 Å². The fourth-order valence-corrected chi connectivity index (χ4v) is 3.32. The predicted molar refractivity (Wildman–Crippen MR) is 119 cm³/mol. The SMILES string of the molecule is CN(C)CCN(Cc1ccc(Cl)cc1)C(=O)c1ccc2c(=O)n(C)c(=S)[nH]c2c1. The van der Waals surface area contributed by atoms with Gasteiger partial charge in [-0.3, -0.25) is 14.2 Å². The molecule has 1 N–H and O–H groups in total. The van der Waals surface area contributed by atoms with Gasteiger partial charge in [-0.25, -0.2) is 0 Å². The Morgan fingerprint density at radius 3 is 2.48 bits per heavy atom. The molecular weight excluding hydrogens is 408 g/mol. The molecular formula is C21H23ClN4O2S. The molecule has 0 saturated heterocycles. The monoisotopic (exact) mass is 430 g/mol.